The predicted octanol–water partition coefficient (Wildman–Crippen LogP) is -0.382. The summed E-state index contributed by atoms with van der Waals surface area (Å²) in [6, 6.07) is 0. The Morgan fingerprint density at radius 3 is 1.31 bits per heavy atom. The lowest BCUT2D eigenvalue weighted by molar-refractivity contribution is -0.0235. The Balaban J connectivity index is 1.97. The second-order valence-electron chi connectivity index (χ2n) is 5.12. The molecular formula is C12H14O4. The van der Waals surface area contributed by atoms with Crippen molar-refractivity contribution in [3.63, 3.8) is 0 Å². The van der Waals surface area contributed by atoms with Gasteiger partial charge in [-0.2, -0.15) is 0 Å². The third kappa shape index (κ3) is 0.637. The average molecular weight is 222 g/mol. The van der Waals surface area contributed by atoms with Crippen molar-refractivity contribution in [3.05, 3.63) is 24.3 Å². The number of fused-ring (bicyclic) bond motifs is 9. The van der Waals surface area contributed by atoms with Crippen molar-refractivity contribution in [2.75, 3.05) is 13.2 Å². The largest absolute Gasteiger partial charge is 0.396 e. The van der Waals surface area contributed by atoms with Crippen molar-refractivity contribution in [3.8, 4) is 0 Å². The molecule has 2 saturated heterocycles. The summed E-state index contributed by atoms with van der Waals surface area (Å²) >= 11 is 0. The lowest BCUT2D eigenvalue weighted by Gasteiger charge is -2.45. The van der Waals surface area contributed by atoms with E-state index in [1.165, 1.54) is 0 Å². The molecule has 4 nitrogen and oxygen atoms in total. The van der Waals surface area contributed by atoms with Crippen LogP contribution in [0, 0.1) is 10.8 Å². The maximum atomic E-state index is 9.83. The summed E-state index contributed by atoms with van der Waals surface area (Å²) in [5.74, 6) is 0. The fraction of sp³-hybridized carbons (Fsp3) is 0.667. The van der Waals surface area contributed by atoms with E-state index in [0.29, 0.717) is 0 Å². The number of hydrogen-bond acceptors (Lipinski definition) is 4. The first kappa shape index (κ1) is 9.36. The Hall–Kier alpha value is -0.680. The van der Waals surface area contributed by atoms with Crippen molar-refractivity contribution in [1.29, 1.82) is 0 Å². The lowest BCUT2D eigenvalue weighted by Crippen LogP contribution is -2.58. The molecule has 16 heavy (non-hydrogen) atoms. The summed E-state index contributed by atoms with van der Waals surface area (Å²) in [5.41, 5.74) is -0.971. The van der Waals surface area contributed by atoms with Crippen LogP contribution in [-0.2, 0) is 9.47 Å². The second-order valence-corrected chi connectivity index (χ2v) is 5.12. The fourth-order valence-electron chi connectivity index (χ4n) is 4.11. The van der Waals surface area contributed by atoms with Crippen LogP contribution in [0.2, 0.25) is 0 Å². The zero-order chi connectivity index (χ0) is 11.0. The van der Waals surface area contributed by atoms with Gasteiger partial charge >= 0.3 is 0 Å². The van der Waals surface area contributed by atoms with E-state index in [2.05, 4.69) is 0 Å². The molecule has 0 spiro atoms. The van der Waals surface area contributed by atoms with E-state index in [0.717, 1.165) is 0 Å². The summed E-state index contributed by atoms with van der Waals surface area (Å²) < 4.78 is 11.7. The first-order valence-electron chi connectivity index (χ1n) is 5.69. The van der Waals surface area contributed by atoms with E-state index >= 15 is 0 Å². The van der Waals surface area contributed by atoms with Crippen LogP contribution in [0.1, 0.15) is 0 Å². The maximum absolute atomic E-state index is 9.83. The van der Waals surface area contributed by atoms with Gasteiger partial charge < -0.3 is 19.7 Å². The molecule has 4 bridgehead atoms. The van der Waals surface area contributed by atoms with E-state index in [4.69, 9.17) is 9.47 Å². The van der Waals surface area contributed by atoms with Crippen molar-refractivity contribution in [2.24, 2.45) is 10.8 Å². The van der Waals surface area contributed by atoms with Crippen LogP contribution in [0.15, 0.2) is 24.3 Å². The molecule has 4 heterocycles. The van der Waals surface area contributed by atoms with Gasteiger partial charge in [-0.25, -0.2) is 0 Å². The van der Waals surface area contributed by atoms with Gasteiger partial charge in [0, 0.05) is 0 Å². The lowest BCUT2D eigenvalue weighted by atomic mass is 9.54. The zero-order valence-electron chi connectivity index (χ0n) is 8.74. The zero-order valence-corrected chi connectivity index (χ0v) is 8.74. The van der Waals surface area contributed by atoms with Gasteiger partial charge in [0.2, 0.25) is 0 Å². The minimum Gasteiger partial charge on any atom is -0.396 e. The van der Waals surface area contributed by atoms with Gasteiger partial charge in [-0.05, 0) is 0 Å². The highest BCUT2D eigenvalue weighted by molar-refractivity contribution is 5.38. The molecule has 2 unspecified atom stereocenters. The molecule has 0 aromatic rings. The van der Waals surface area contributed by atoms with Gasteiger partial charge in [-0.15, -0.1) is 0 Å². The second kappa shape index (κ2) is 2.59. The molecule has 0 saturated carbocycles. The first-order chi connectivity index (χ1) is 7.79. The standard InChI is InChI=1S/C12H14O4/c13-5-11-7-1-2-8(15-7)12(11,6-14)10-4-3-9(11)16-10/h1-4,7-10,13-14H,5-6H2/t7-,8+,9+,10-,11?,12?. The molecule has 4 rings (SSSR count). The fourth-order valence-corrected chi connectivity index (χ4v) is 4.11. The molecule has 4 heteroatoms. The number of aliphatic hydroxyl groups excluding tert-OH is 2. The van der Waals surface area contributed by atoms with Crippen molar-refractivity contribution >= 4 is 0 Å². The highest BCUT2D eigenvalue weighted by Crippen LogP contribution is 2.67. The molecule has 0 aromatic carbocycles. The van der Waals surface area contributed by atoms with Crippen LogP contribution < -0.4 is 0 Å². The van der Waals surface area contributed by atoms with E-state index in [9.17, 15) is 10.2 Å². The SMILES string of the molecule is OCC12[C@@H]3C=C[C@@H](O3)C1(CO)[C@@H]1C=C[C@H]2O1. The minimum absolute atomic E-state index is 0.00935. The van der Waals surface area contributed by atoms with Gasteiger partial charge in [0.25, 0.3) is 0 Å². The predicted molar refractivity (Wildman–Crippen MR) is 54.6 cm³/mol. The van der Waals surface area contributed by atoms with Gasteiger partial charge in [-0.1, -0.05) is 24.3 Å². The normalized spacial score (nSPS) is 59.9. The van der Waals surface area contributed by atoms with Crippen LogP contribution in [-0.4, -0.2) is 47.8 Å². The third-order valence-electron chi connectivity index (χ3n) is 4.93. The van der Waals surface area contributed by atoms with Crippen LogP contribution >= 0.6 is 0 Å². The smallest absolute Gasteiger partial charge is 0.0880 e. The summed E-state index contributed by atoms with van der Waals surface area (Å²) in [4.78, 5) is 0. The molecule has 86 valence electrons. The average Bonchev–Trinajstić information content (AvgIpc) is 3.04. The Morgan fingerprint density at radius 2 is 1.06 bits per heavy atom. The quantitative estimate of drug-likeness (QED) is 0.625. The summed E-state index contributed by atoms with van der Waals surface area (Å²) in [6.45, 7) is -0.0187. The minimum atomic E-state index is -0.486. The topological polar surface area (TPSA) is 58.9 Å². The Kier molecular flexibility index (Phi) is 1.52. The van der Waals surface area contributed by atoms with Gasteiger partial charge in [0.05, 0.1) is 48.5 Å². The molecule has 0 aromatic heterocycles. The van der Waals surface area contributed by atoms with Gasteiger partial charge in [0.1, 0.15) is 0 Å². The van der Waals surface area contributed by atoms with Crippen molar-refractivity contribution in [1.82, 2.24) is 0 Å². The number of hydrogen-bond donors (Lipinski definition) is 2. The summed E-state index contributed by atoms with van der Waals surface area (Å²) in [5, 5.41) is 19.7. The molecule has 6 atom stereocenters. The molecule has 2 fully saturated rings. The van der Waals surface area contributed by atoms with Crippen molar-refractivity contribution < 1.29 is 19.7 Å². The van der Waals surface area contributed by atoms with Crippen LogP contribution in [0.25, 0.3) is 0 Å². The van der Waals surface area contributed by atoms with Crippen molar-refractivity contribution in [2.45, 2.75) is 24.4 Å². The van der Waals surface area contributed by atoms with Gasteiger partial charge in [0.15, 0.2) is 0 Å². The molecule has 0 aliphatic carbocycles. The van der Waals surface area contributed by atoms with Crippen LogP contribution in [0.5, 0.6) is 0 Å². The van der Waals surface area contributed by atoms with E-state index in [1.807, 2.05) is 24.3 Å². The van der Waals surface area contributed by atoms with Crippen LogP contribution in [0.3, 0.4) is 0 Å². The summed E-state index contributed by atoms with van der Waals surface area (Å²) in [7, 11) is 0. The highest BCUT2D eigenvalue weighted by Gasteiger charge is 2.77. The molecule has 0 amide bonds. The molecule has 0 radical (unpaired) electrons. The van der Waals surface area contributed by atoms with Crippen LogP contribution in [0.4, 0.5) is 0 Å². The Bertz CT molecular complexity index is 338. The monoisotopic (exact) mass is 222 g/mol. The third-order valence-corrected chi connectivity index (χ3v) is 4.93. The molecular weight excluding hydrogens is 208 g/mol. The molecule has 4 aliphatic rings. The summed E-state index contributed by atoms with van der Waals surface area (Å²) in [6.07, 6.45) is 7.45. The highest BCUT2D eigenvalue weighted by atomic mass is 16.6. The van der Waals surface area contributed by atoms with E-state index in [-0.39, 0.29) is 37.6 Å². The Morgan fingerprint density at radius 1 is 0.750 bits per heavy atom. The van der Waals surface area contributed by atoms with E-state index < -0.39 is 10.8 Å². The van der Waals surface area contributed by atoms with Gasteiger partial charge in [-0.3, -0.25) is 0 Å². The molecule has 4 aliphatic heterocycles. The maximum Gasteiger partial charge on any atom is 0.0880 e. The number of ether oxygens (including phenoxy) is 2. The first-order valence-corrected chi connectivity index (χ1v) is 5.69. The van der Waals surface area contributed by atoms with E-state index in [1.54, 1.807) is 0 Å². The Labute approximate surface area is 93.2 Å². The number of aliphatic hydroxyl groups is 2. The number of rotatable bonds is 2. The molecule has 2 N–H and O–H groups in total.